The zero-order chi connectivity index (χ0) is 17.4. The molecule has 1 unspecified atom stereocenters. The largest absolute Gasteiger partial charge is 0.339 e. The van der Waals surface area contributed by atoms with E-state index in [1.807, 2.05) is 13.8 Å². The van der Waals surface area contributed by atoms with E-state index >= 15 is 0 Å². The second kappa shape index (κ2) is 6.35. The normalized spacial score (nSPS) is 18.6. The van der Waals surface area contributed by atoms with E-state index in [1.165, 1.54) is 17.7 Å². The van der Waals surface area contributed by atoms with Gasteiger partial charge in [0, 0.05) is 38.3 Å². The van der Waals surface area contributed by atoms with Gasteiger partial charge in [0.15, 0.2) is 5.82 Å². The van der Waals surface area contributed by atoms with Crippen LogP contribution in [0, 0.1) is 0 Å². The minimum absolute atomic E-state index is 0.0559. The molecule has 0 saturated carbocycles. The predicted octanol–water partition coefficient (Wildman–Crippen LogP) is 0.928. The van der Waals surface area contributed by atoms with E-state index in [-0.39, 0.29) is 23.2 Å². The lowest BCUT2D eigenvalue weighted by Crippen LogP contribution is -2.39. The van der Waals surface area contributed by atoms with Crippen molar-refractivity contribution in [1.29, 1.82) is 0 Å². The van der Waals surface area contributed by atoms with Crippen LogP contribution in [0.3, 0.4) is 0 Å². The zero-order valence-corrected chi connectivity index (χ0v) is 14.5. The lowest BCUT2D eigenvalue weighted by molar-refractivity contribution is 0.227. The molecule has 24 heavy (non-hydrogen) atoms. The summed E-state index contributed by atoms with van der Waals surface area (Å²) in [6.45, 7) is 5.41. The van der Waals surface area contributed by atoms with Gasteiger partial charge in [-0.1, -0.05) is 19.0 Å². The van der Waals surface area contributed by atoms with Crippen molar-refractivity contribution in [2.75, 3.05) is 6.54 Å². The van der Waals surface area contributed by atoms with Crippen molar-refractivity contribution in [3.63, 3.8) is 0 Å². The van der Waals surface area contributed by atoms with Crippen LogP contribution in [0.1, 0.15) is 56.1 Å². The zero-order valence-electron chi connectivity index (χ0n) is 14.5. The number of aromatic nitrogens is 4. The topological polar surface area (TPSA) is 86.2 Å². The molecule has 0 radical (unpaired) electrons. The van der Waals surface area contributed by atoms with Crippen molar-refractivity contribution >= 4 is 0 Å². The quantitative estimate of drug-likeness (QED) is 0.827. The number of rotatable bonds is 4. The minimum atomic E-state index is -0.310. The second-order valence-electron chi connectivity index (χ2n) is 6.65. The number of nitrogens with zero attached hydrogens (tertiary/aromatic N) is 5. The smallest absolute Gasteiger partial charge is 0.330 e. The second-order valence-corrected chi connectivity index (χ2v) is 6.65. The Bertz CT molecular complexity index is 848. The number of likely N-dealkylation sites (tertiary alicyclic amines) is 1. The summed E-state index contributed by atoms with van der Waals surface area (Å²) in [7, 11) is 3.17. The van der Waals surface area contributed by atoms with Crippen LogP contribution in [0.25, 0.3) is 0 Å². The molecule has 0 amide bonds. The summed E-state index contributed by atoms with van der Waals surface area (Å²) in [5, 5.41) is 4.12. The summed E-state index contributed by atoms with van der Waals surface area (Å²) < 4.78 is 7.95. The summed E-state index contributed by atoms with van der Waals surface area (Å²) in [6.07, 6.45) is 1.96. The first-order valence-corrected chi connectivity index (χ1v) is 8.22. The molecule has 1 aliphatic heterocycles. The highest BCUT2D eigenvalue weighted by molar-refractivity contribution is 5.06. The van der Waals surface area contributed by atoms with Gasteiger partial charge >= 0.3 is 5.69 Å². The van der Waals surface area contributed by atoms with Crippen LogP contribution >= 0.6 is 0 Å². The molecule has 0 N–H and O–H groups in total. The molecule has 130 valence electrons. The van der Waals surface area contributed by atoms with Crippen LogP contribution in [0.15, 0.2) is 20.2 Å². The van der Waals surface area contributed by atoms with Crippen LogP contribution in [0.5, 0.6) is 0 Å². The summed E-state index contributed by atoms with van der Waals surface area (Å²) in [6, 6.07) is 1.58. The molecule has 1 fully saturated rings. The first-order chi connectivity index (χ1) is 11.4. The van der Waals surface area contributed by atoms with Gasteiger partial charge in [0.05, 0.1) is 6.04 Å². The molecule has 8 heteroatoms. The van der Waals surface area contributed by atoms with Crippen molar-refractivity contribution in [2.24, 2.45) is 14.1 Å². The van der Waals surface area contributed by atoms with Gasteiger partial charge in [0.1, 0.15) is 0 Å². The van der Waals surface area contributed by atoms with Crippen LogP contribution in [-0.4, -0.2) is 30.7 Å². The standard InChI is InChI=1S/C16H23N5O3/c1-10(2)15-17-14(18-24-15)12-6-5-7-21(12)9-11-8-13(22)20(4)16(23)19(11)3/h8,10,12H,5-7,9H2,1-4H3. The first kappa shape index (κ1) is 16.6. The van der Waals surface area contributed by atoms with Crippen LogP contribution < -0.4 is 11.2 Å². The van der Waals surface area contributed by atoms with Crippen LogP contribution in [0.2, 0.25) is 0 Å². The molecule has 2 aromatic rings. The van der Waals surface area contributed by atoms with Gasteiger partial charge in [0.25, 0.3) is 5.56 Å². The number of hydrogen-bond donors (Lipinski definition) is 0. The molecule has 2 aromatic heterocycles. The highest BCUT2D eigenvalue weighted by Crippen LogP contribution is 2.31. The monoisotopic (exact) mass is 333 g/mol. The van der Waals surface area contributed by atoms with Gasteiger partial charge in [-0.3, -0.25) is 18.8 Å². The molecule has 3 heterocycles. The average molecular weight is 333 g/mol. The maximum Gasteiger partial charge on any atom is 0.330 e. The third-order valence-electron chi connectivity index (χ3n) is 4.60. The van der Waals surface area contributed by atoms with Crippen LogP contribution in [0.4, 0.5) is 0 Å². The Hall–Kier alpha value is -2.22. The molecule has 1 aliphatic rings. The average Bonchev–Trinajstić information content (AvgIpc) is 3.19. The van der Waals surface area contributed by atoms with Gasteiger partial charge in [0.2, 0.25) is 5.89 Å². The fourth-order valence-corrected chi connectivity index (χ4v) is 3.06. The van der Waals surface area contributed by atoms with E-state index < -0.39 is 0 Å². The third-order valence-corrected chi connectivity index (χ3v) is 4.60. The fraction of sp³-hybridized carbons (Fsp3) is 0.625. The fourth-order valence-electron chi connectivity index (χ4n) is 3.06. The molecule has 0 aliphatic carbocycles. The van der Waals surface area contributed by atoms with E-state index in [9.17, 15) is 9.59 Å². The number of hydrogen-bond acceptors (Lipinski definition) is 6. The van der Waals surface area contributed by atoms with Gasteiger partial charge in [-0.05, 0) is 19.4 Å². The van der Waals surface area contributed by atoms with Crippen molar-refractivity contribution in [3.8, 4) is 0 Å². The molecule has 0 aromatic carbocycles. The van der Waals surface area contributed by atoms with Gasteiger partial charge in [-0.25, -0.2) is 4.79 Å². The Morgan fingerprint density at radius 3 is 2.71 bits per heavy atom. The van der Waals surface area contributed by atoms with Gasteiger partial charge in [-0.15, -0.1) is 0 Å². The van der Waals surface area contributed by atoms with E-state index in [0.29, 0.717) is 24.0 Å². The Kier molecular flexibility index (Phi) is 4.40. The Morgan fingerprint density at radius 2 is 2.04 bits per heavy atom. The van der Waals surface area contributed by atoms with E-state index in [4.69, 9.17) is 4.52 Å². The van der Waals surface area contributed by atoms with Gasteiger partial charge < -0.3 is 4.52 Å². The van der Waals surface area contributed by atoms with Crippen molar-refractivity contribution < 1.29 is 4.52 Å². The minimum Gasteiger partial charge on any atom is -0.339 e. The third kappa shape index (κ3) is 2.93. The maximum absolute atomic E-state index is 12.1. The molecular formula is C16H23N5O3. The molecule has 8 nitrogen and oxygen atoms in total. The van der Waals surface area contributed by atoms with Crippen molar-refractivity contribution in [1.82, 2.24) is 24.2 Å². The Morgan fingerprint density at radius 1 is 1.29 bits per heavy atom. The van der Waals surface area contributed by atoms with Gasteiger partial charge in [-0.2, -0.15) is 4.98 Å². The summed E-state index contributed by atoms with van der Waals surface area (Å²) in [5.74, 6) is 1.52. The summed E-state index contributed by atoms with van der Waals surface area (Å²) in [5.41, 5.74) is 0.1000. The van der Waals surface area contributed by atoms with Crippen LogP contribution in [-0.2, 0) is 20.6 Å². The van der Waals surface area contributed by atoms with Crippen molar-refractivity contribution in [3.05, 3.63) is 44.3 Å². The molecular weight excluding hydrogens is 310 g/mol. The Labute approximate surface area is 139 Å². The highest BCUT2D eigenvalue weighted by atomic mass is 16.5. The maximum atomic E-state index is 12.1. The molecule has 0 bridgehead atoms. The molecule has 1 atom stereocenters. The molecule has 0 spiro atoms. The summed E-state index contributed by atoms with van der Waals surface area (Å²) >= 11 is 0. The lowest BCUT2D eigenvalue weighted by atomic mass is 10.2. The van der Waals surface area contributed by atoms with Crippen molar-refractivity contribution in [2.45, 2.75) is 45.2 Å². The first-order valence-electron chi connectivity index (χ1n) is 8.22. The highest BCUT2D eigenvalue weighted by Gasteiger charge is 2.31. The van der Waals surface area contributed by atoms with E-state index in [1.54, 1.807) is 7.05 Å². The summed E-state index contributed by atoms with van der Waals surface area (Å²) in [4.78, 5) is 30.7. The van der Waals surface area contributed by atoms with E-state index in [2.05, 4.69) is 15.0 Å². The predicted molar refractivity (Wildman–Crippen MR) is 87.7 cm³/mol. The molecule has 1 saturated heterocycles. The SMILES string of the molecule is CC(C)c1nc(C2CCCN2Cc2cc(=O)n(C)c(=O)n2C)no1. The Balaban J connectivity index is 1.87. The molecule has 3 rings (SSSR count). The lowest BCUT2D eigenvalue weighted by Gasteiger charge is -2.23. The van der Waals surface area contributed by atoms with E-state index in [0.717, 1.165) is 24.0 Å².